The summed E-state index contributed by atoms with van der Waals surface area (Å²) in [5.74, 6) is -1.91. The molecule has 6 N–H and O–H groups in total. The molecule has 4 unspecified atom stereocenters. The number of nitrogens with zero attached hydrogens (tertiary/aromatic N) is 3. The molecule has 2 fully saturated rings. The van der Waals surface area contributed by atoms with Gasteiger partial charge in [0.2, 0.25) is 0 Å². The molecule has 5 rings (SSSR count). The highest BCUT2D eigenvalue weighted by molar-refractivity contribution is 5.98. The van der Waals surface area contributed by atoms with E-state index < -0.39 is 42.9 Å². The Morgan fingerprint density at radius 1 is 0.957 bits per heavy atom. The predicted octanol–water partition coefficient (Wildman–Crippen LogP) is -0.788. The van der Waals surface area contributed by atoms with Crippen molar-refractivity contribution in [2.45, 2.75) is 56.6 Å². The second-order valence-electron chi connectivity index (χ2n) is 12.4. The van der Waals surface area contributed by atoms with E-state index in [2.05, 4.69) is 41.2 Å². The molecule has 0 radical (unpaired) electrons. The van der Waals surface area contributed by atoms with Gasteiger partial charge in [-0.3, -0.25) is 4.79 Å². The number of hydrogen-bond donors (Lipinski definition) is 6. The number of likely N-dealkylation sites (N-methyl/N-ethyl adjacent to an activating group) is 1. The topological polar surface area (TPSA) is 175 Å². The van der Waals surface area contributed by atoms with E-state index in [1.54, 1.807) is 12.1 Å². The molecule has 1 amide bonds. The molecule has 1 aliphatic carbocycles. The van der Waals surface area contributed by atoms with Crippen molar-refractivity contribution in [2.24, 2.45) is 0 Å². The number of esters is 1. The maximum absolute atomic E-state index is 13.8. The number of morpholine rings is 1. The van der Waals surface area contributed by atoms with Crippen LogP contribution in [0.25, 0.3) is 0 Å². The van der Waals surface area contributed by atoms with Gasteiger partial charge < -0.3 is 55.0 Å². The third kappa shape index (κ3) is 7.63. The smallest absolute Gasteiger partial charge is 0.343 e. The molecule has 3 aliphatic rings. The molecule has 2 aromatic carbocycles. The number of nitrogens with one attached hydrogen (secondary N) is 1. The van der Waals surface area contributed by atoms with Crippen molar-refractivity contribution in [3.05, 3.63) is 52.6 Å². The van der Waals surface area contributed by atoms with Crippen molar-refractivity contribution >= 4 is 23.3 Å². The fourth-order valence-corrected chi connectivity index (χ4v) is 6.40. The van der Waals surface area contributed by atoms with E-state index in [1.807, 2.05) is 4.90 Å². The minimum atomic E-state index is -2.26. The second kappa shape index (κ2) is 15.1. The monoisotopic (exact) mass is 642 g/mol. The lowest BCUT2D eigenvalue weighted by molar-refractivity contribution is -0.161. The van der Waals surface area contributed by atoms with Gasteiger partial charge in [-0.1, -0.05) is 6.07 Å². The van der Waals surface area contributed by atoms with Crippen LogP contribution in [0.15, 0.2) is 30.3 Å². The molecule has 0 bridgehead atoms. The minimum Gasteiger partial charge on any atom is -0.424 e. The number of fused-ring (bicyclic) bond motifs is 1. The number of hydrogen-bond acceptors (Lipinski definition) is 12. The molecule has 252 valence electrons. The van der Waals surface area contributed by atoms with Crippen LogP contribution in [0.4, 0.5) is 11.4 Å². The third-order valence-corrected chi connectivity index (χ3v) is 9.31. The molecule has 2 heterocycles. The normalized spacial score (nSPS) is 21.6. The molecule has 13 heteroatoms. The number of carbonyl (C=O) groups is 2. The molecule has 2 aromatic rings. The Bertz CT molecular complexity index is 1380. The zero-order chi connectivity index (χ0) is 33.0. The van der Waals surface area contributed by atoms with Gasteiger partial charge in [0, 0.05) is 62.8 Å². The molecule has 0 aromatic heterocycles. The fourth-order valence-electron chi connectivity index (χ4n) is 6.40. The lowest BCUT2D eigenvalue weighted by atomic mass is 9.84. The number of anilines is 2. The highest BCUT2D eigenvalue weighted by Gasteiger charge is 2.36. The first-order valence-electron chi connectivity index (χ1n) is 15.9. The number of rotatable bonds is 10. The maximum Gasteiger partial charge on any atom is 0.343 e. The van der Waals surface area contributed by atoms with Crippen LogP contribution >= 0.6 is 0 Å². The van der Waals surface area contributed by atoms with Crippen LogP contribution in [-0.2, 0) is 22.4 Å². The Morgan fingerprint density at radius 2 is 1.67 bits per heavy atom. The Labute approximate surface area is 268 Å². The number of carbonyl (C=O) groups excluding carboxylic acids is 2. The highest BCUT2D eigenvalue weighted by Crippen LogP contribution is 2.34. The Morgan fingerprint density at radius 3 is 2.37 bits per heavy atom. The first-order valence-corrected chi connectivity index (χ1v) is 15.9. The average Bonchev–Trinajstić information content (AvgIpc) is 3.07. The largest absolute Gasteiger partial charge is 0.424 e. The summed E-state index contributed by atoms with van der Waals surface area (Å²) >= 11 is 0. The summed E-state index contributed by atoms with van der Waals surface area (Å²) in [5.41, 5.74) is 5.76. The van der Waals surface area contributed by atoms with Gasteiger partial charge in [-0.25, -0.2) is 4.79 Å². The van der Waals surface area contributed by atoms with Gasteiger partial charge in [-0.2, -0.15) is 0 Å². The van der Waals surface area contributed by atoms with Crippen LogP contribution in [0, 0.1) is 6.92 Å². The van der Waals surface area contributed by atoms with Crippen molar-refractivity contribution < 1.29 is 44.6 Å². The number of piperazine rings is 1. The molecule has 46 heavy (non-hydrogen) atoms. The molecule has 5 atom stereocenters. The van der Waals surface area contributed by atoms with E-state index in [4.69, 9.17) is 14.6 Å². The summed E-state index contributed by atoms with van der Waals surface area (Å²) in [7, 11) is 2.13. The number of aryl methyl sites for hydroxylation is 1. The Kier molecular flexibility index (Phi) is 11.2. The summed E-state index contributed by atoms with van der Waals surface area (Å²) in [5, 5.41) is 52.5. The van der Waals surface area contributed by atoms with E-state index in [-0.39, 0.29) is 17.4 Å². The van der Waals surface area contributed by atoms with Gasteiger partial charge in [-0.15, -0.1) is 0 Å². The van der Waals surface area contributed by atoms with Gasteiger partial charge in [-0.05, 0) is 68.1 Å². The SMILES string of the molecule is Cc1ccc(N2CCN(C)CC2)c2c1CC[C@@H](NC(=O)c1ccc(N3CCOCC3)cc1OC(=O)C(O)C(O)C(O)C(O)CO)C2. The number of amides is 1. The summed E-state index contributed by atoms with van der Waals surface area (Å²) in [4.78, 5) is 33.5. The van der Waals surface area contributed by atoms with Crippen LogP contribution < -0.4 is 19.9 Å². The second-order valence-corrected chi connectivity index (χ2v) is 12.4. The summed E-state index contributed by atoms with van der Waals surface area (Å²) < 4.78 is 10.9. The Hall–Kier alpha value is -3.30. The quantitative estimate of drug-likeness (QED) is 0.141. The fraction of sp³-hybridized carbons (Fsp3) is 0.576. The van der Waals surface area contributed by atoms with E-state index in [0.717, 1.165) is 39.0 Å². The number of aliphatic hydroxyl groups is 5. The van der Waals surface area contributed by atoms with Gasteiger partial charge >= 0.3 is 5.97 Å². The van der Waals surface area contributed by atoms with Crippen LogP contribution in [-0.4, -0.2) is 139 Å². The van der Waals surface area contributed by atoms with Gasteiger partial charge in [0.1, 0.15) is 24.1 Å². The highest BCUT2D eigenvalue weighted by atomic mass is 16.6. The molecule has 2 aliphatic heterocycles. The first kappa shape index (κ1) is 34.0. The van der Waals surface area contributed by atoms with Crippen molar-refractivity contribution in [1.82, 2.24) is 10.2 Å². The lowest BCUT2D eigenvalue weighted by Crippen LogP contribution is -2.49. The first-order chi connectivity index (χ1) is 22.1. The van der Waals surface area contributed by atoms with Crippen LogP contribution in [0.2, 0.25) is 0 Å². The number of aliphatic hydroxyl groups excluding tert-OH is 5. The van der Waals surface area contributed by atoms with Crippen LogP contribution in [0.3, 0.4) is 0 Å². The molecule has 2 saturated heterocycles. The van der Waals surface area contributed by atoms with Crippen molar-refractivity contribution in [3.8, 4) is 5.75 Å². The summed E-state index contributed by atoms with van der Waals surface area (Å²) in [6, 6.07) is 9.04. The summed E-state index contributed by atoms with van der Waals surface area (Å²) in [6.45, 7) is 7.25. The number of benzene rings is 2. The molecular weight excluding hydrogens is 596 g/mol. The van der Waals surface area contributed by atoms with Crippen LogP contribution in [0.1, 0.15) is 33.5 Å². The van der Waals surface area contributed by atoms with Crippen molar-refractivity contribution in [3.63, 3.8) is 0 Å². The van der Waals surface area contributed by atoms with Crippen LogP contribution in [0.5, 0.6) is 5.75 Å². The van der Waals surface area contributed by atoms with Crippen molar-refractivity contribution in [2.75, 3.05) is 75.9 Å². The average molecular weight is 643 g/mol. The van der Waals surface area contributed by atoms with Crippen molar-refractivity contribution in [1.29, 1.82) is 0 Å². The third-order valence-electron chi connectivity index (χ3n) is 9.31. The zero-order valence-corrected chi connectivity index (χ0v) is 26.5. The Balaban J connectivity index is 1.36. The van der Waals surface area contributed by atoms with E-state index in [1.165, 1.54) is 28.4 Å². The van der Waals surface area contributed by atoms with E-state index >= 15 is 0 Å². The van der Waals surface area contributed by atoms with Gasteiger partial charge in [0.25, 0.3) is 5.91 Å². The minimum absolute atomic E-state index is 0.0670. The number of ether oxygens (including phenoxy) is 2. The molecular formula is C33H46N4O9. The van der Waals surface area contributed by atoms with E-state index in [0.29, 0.717) is 38.4 Å². The standard InChI is InChI=1S/C33H46N4O9/c1-20-3-8-26(37-11-9-35(2)10-12-37)25-17-21(4-6-23(20)25)34-32(43)24-7-5-22(36-13-15-45-16-14-36)18-28(24)46-33(44)31(42)30(41)29(40)27(39)19-38/h3,5,7-8,18,21,27,29-31,38-42H,4,6,9-17,19H2,1-2H3,(H,34,43)/t21-,27?,29?,30?,31?/m1/s1. The van der Waals surface area contributed by atoms with E-state index in [9.17, 15) is 30.0 Å². The van der Waals surface area contributed by atoms with Gasteiger partial charge in [0.15, 0.2) is 6.10 Å². The summed E-state index contributed by atoms with van der Waals surface area (Å²) in [6.07, 6.45) is -5.99. The lowest BCUT2D eigenvalue weighted by Gasteiger charge is -2.37. The molecule has 13 nitrogen and oxygen atoms in total. The molecule has 0 saturated carbocycles. The van der Waals surface area contributed by atoms with Gasteiger partial charge in [0.05, 0.1) is 25.4 Å². The maximum atomic E-state index is 13.8. The zero-order valence-electron chi connectivity index (χ0n) is 26.5. The molecule has 0 spiro atoms. The predicted molar refractivity (Wildman–Crippen MR) is 170 cm³/mol.